The number of thioether (sulfide) groups is 1. The Hall–Kier alpha value is -1.39. The minimum atomic E-state index is -4.43. The van der Waals surface area contributed by atoms with E-state index in [1.165, 1.54) is 26.1 Å². The van der Waals surface area contributed by atoms with Crippen LogP contribution < -0.4 is 4.74 Å². The highest BCUT2D eigenvalue weighted by atomic mass is 32.2. The predicted molar refractivity (Wildman–Crippen MR) is 78.3 cm³/mol. The molecular weight excluding hydrogens is 301 g/mol. The average Bonchev–Trinajstić information content (AvgIpc) is 2.38. The maximum Gasteiger partial charge on any atom is 0.416 e. The molecule has 0 N–H and O–H groups in total. The van der Waals surface area contributed by atoms with Crippen molar-refractivity contribution in [2.24, 2.45) is 0 Å². The number of thiocyanates is 1. The zero-order chi connectivity index (χ0) is 16.5. The van der Waals surface area contributed by atoms with Gasteiger partial charge < -0.3 is 9.64 Å². The van der Waals surface area contributed by atoms with Crippen molar-refractivity contribution >= 4 is 11.8 Å². The second-order valence-corrected chi connectivity index (χ2v) is 5.25. The van der Waals surface area contributed by atoms with Gasteiger partial charge in [0.05, 0.1) is 12.7 Å². The van der Waals surface area contributed by atoms with Crippen molar-refractivity contribution in [2.45, 2.75) is 24.4 Å². The second-order valence-electron chi connectivity index (χ2n) is 4.39. The van der Waals surface area contributed by atoms with Gasteiger partial charge in [-0.2, -0.15) is 18.4 Å². The highest BCUT2D eigenvalue weighted by Gasteiger charge is 2.31. The molecule has 7 heteroatoms. The number of methoxy groups -OCH3 is 1. The molecular formula is C14H19F3N2OS. The first-order valence-electron chi connectivity index (χ1n) is 6.21. The van der Waals surface area contributed by atoms with Crippen LogP contribution in [0, 0.1) is 10.7 Å². The lowest BCUT2D eigenvalue weighted by Gasteiger charge is -2.09. The van der Waals surface area contributed by atoms with Crippen LogP contribution in [-0.2, 0) is 6.18 Å². The summed E-state index contributed by atoms with van der Waals surface area (Å²) in [7, 11) is 5.45. The van der Waals surface area contributed by atoms with Gasteiger partial charge in [-0.3, -0.25) is 0 Å². The fourth-order valence-electron chi connectivity index (χ4n) is 1.41. The Morgan fingerprint density at radius 3 is 2.24 bits per heavy atom. The van der Waals surface area contributed by atoms with Crippen LogP contribution >= 0.6 is 11.8 Å². The molecule has 0 fully saturated rings. The first-order valence-corrected chi connectivity index (χ1v) is 7.03. The summed E-state index contributed by atoms with van der Waals surface area (Å²) >= 11 is 0.661. The van der Waals surface area contributed by atoms with E-state index in [0.29, 0.717) is 11.8 Å². The molecule has 0 unspecified atom stereocenters. The molecule has 0 saturated carbocycles. The third kappa shape index (κ3) is 8.48. The molecule has 0 saturated heterocycles. The van der Waals surface area contributed by atoms with E-state index >= 15 is 0 Å². The van der Waals surface area contributed by atoms with Crippen molar-refractivity contribution in [1.29, 1.82) is 5.26 Å². The van der Waals surface area contributed by atoms with E-state index in [0.717, 1.165) is 12.1 Å². The zero-order valence-corrected chi connectivity index (χ0v) is 13.3. The van der Waals surface area contributed by atoms with Crippen molar-refractivity contribution in [3.8, 4) is 11.2 Å². The standard InChI is InChI=1S/C9H6F3NOS.C5H13N/c1-14-7-2-6(9(10,11)12)3-8(4-7)15-5-13;1-4-5-6(2)3/h2-4H,1H3;4-5H2,1-3H3. The molecule has 0 aliphatic carbocycles. The number of halogens is 3. The van der Waals surface area contributed by atoms with Crippen molar-refractivity contribution < 1.29 is 17.9 Å². The maximum atomic E-state index is 12.4. The zero-order valence-electron chi connectivity index (χ0n) is 12.5. The molecule has 21 heavy (non-hydrogen) atoms. The number of alkyl halides is 3. The van der Waals surface area contributed by atoms with Crippen LogP contribution in [0.15, 0.2) is 23.1 Å². The molecule has 1 aromatic carbocycles. The summed E-state index contributed by atoms with van der Waals surface area (Å²) in [5.74, 6) is 0.0857. The third-order valence-corrected chi connectivity index (χ3v) is 2.84. The molecule has 0 aromatic heterocycles. The molecule has 0 amide bonds. The molecule has 1 rings (SSSR count). The molecule has 0 aliphatic rings. The summed E-state index contributed by atoms with van der Waals surface area (Å²) in [5, 5.41) is 10.1. The molecule has 0 radical (unpaired) electrons. The lowest BCUT2D eigenvalue weighted by molar-refractivity contribution is -0.137. The van der Waals surface area contributed by atoms with Gasteiger partial charge in [0, 0.05) is 4.90 Å². The van der Waals surface area contributed by atoms with Crippen molar-refractivity contribution in [1.82, 2.24) is 4.90 Å². The fraction of sp³-hybridized carbons (Fsp3) is 0.500. The SMILES string of the molecule is CCCN(C)C.COc1cc(SC#N)cc(C(F)(F)F)c1. The van der Waals surface area contributed by atoms with E-state index in [9.17, 15) is 13.2 Å². The van der Waals surface area contributed by atoms with Gasteiger partial charge in [-0.1, -0.05) is 6.92 Å². The van der Waals surface area contributed by atoms with E-state index in [-0.39, 0.29) is 10.6 Å². The summed E-state index contributed by atoms with van der Waals surface area (Å²) in [6.07, 6.45) is -3.17. The number of ether oxygens (including phenoxy) is 1. The van der Waals surface area contributed by atoms with Crippen LogP contribution in [0.3, 0.4) is 0 Å². The van der Waals surface area contributed by atoms with Crippen molar-refractivity contribution in [3.05, 3.63) is 23.8 Å². The fourth-order valence-corrected chi connectivity index (χ4v) is 1.88. The highest BCUT2D eigenvalue weighted by molar-refractivity contribution is 8.03. The Bertz CT molecular complexity index is 470. The molecule has 118 valence electrons. The Kier molecular flexibility index (Phi) is 8.90. The molecule has 0 aliphatic heterocycles. The third-order valence-electron chi connectivity index (χ3n) is 2.28. The highest BCUT2D eigenvalue weighted by Crippen LogP contribution is 2.34. The van der Waals surface area contributed by atoms with E-state index in [4.69, 9.17) is 10.00 Å². The number of hydrogen-bond acceptors (Lipinski definition) is 4. The molecule has 0 atom stereocenters. The van der Waals surface area contributed by atoms with Gasteiger partial charge in [-0.25, -0.2) is 0 Å². The number of nitrogens with zero attached hydrogens (tertiary/aromatic N) is 2. The van der Waals surface area contributed by atoms with E-state index < -0.39 is 11.7 Å². The summed E-state index contributed by atoms with van der Waals surface area (Å²) < 4.78 is 41.8. The maximum absolute atomic E-state index is 12.4. The van der Waals surface area contributed by atoms with Crippen LogP contribution in [0.5, 0.6) is 5.75 Å². The lowest BCUT2D eigenvalue weighted by Crippen LogP contribution is -2.11. The number of benzene rings is 1. The van der Waals surface area contributed by atoms with Crippen LogP contribution in [0.4, 0.5) is 13.2 Å². The van der Waals surface area contributed by atoms with Gasteiger partial charge in [0.2, 0.25) is 0 Å². The first kappa shape index (κ1) is 19.6. The Labute approximate surface area is 127 Å². The van der Waals surface area contributed by atoms with Gasteiger partial charge in [-0.05, 0) is 57.0 Å². The Morgan fingerprint density at radius 2 is 1.90 bits per heavy atom. The minimum Gasteiger partial charge on any atom is -0.497 e. The first-order chi connectivity index (χ1) is 9.74. The molecule has 0 spiro atoms. The minimum absolute atomic E-state index is 0.0857. The molecule has 1 aromatic rings. The van der Waals surface area contributed by atoms with Crippen LogP contribution in [0.1, 0.15) is 18.9 Å². The largest absolute Gasteiger partial charge is 0.497 e. The molecule has 0 bridgehead atoms. The van der Waals surface area contributed by atoms with E-state index in [1.807, 2.05) is 0 Å². The van der Waals surface area contributed by atoms with Gasteiger partial charge >= 0.3 is 6.18 Å². The summed E-state index contributed by atoms with van der Waals surface area (Å²) in [6, 6.07) is 3.18. The number of hydrogen-bond donors (Lipinski definition) is 0. The van der Waals surface area contributed by atoms with Crippen LogP contribution in [-0.4, -0.2) is 32.6 Å². The predicted octanol–water partition coefficient (Wildman–Crippen LogP) is 4.25. The number of nitriles is 1. The quantitative estimate of drug-likeness (QED) is 0.614. The van der Waals surface area contributed by atoms with E-state index in [1.54, 1.807) is 5.40 Å². The smallest absolute Gasteiger partial charge is 0.416 e. The average molecular weight is 320 g/mol. The monoisotopic (exact) mass is 320 g/mol. The summed E-state index contributed by atoms with van der Waals surface area (Å²) in [5.41, 5.74) is -0.820. The van der Waals surface area contributed by atoms with Crippen molar-refractivity contribution in [2.75, 3.05) is 27.7 Å². The topological polar surface area (TPSA) is 36.3 Å². The van der Waals surface area contributed by atoms with Gasteiger partial charge in [0.15, 0.2) is 0 Å². The second kappa shape index (κ2) is 9.53. The van der Waals surface area contributed by atoms with Gasteiger partial charge in [0.1, 0.15) is 11.2 Å². The normalized spacial score (nSPS) is 10.6. The Balaban J connectivity index is 0.000000567. The molecule has 0 heterocycles. The summed E-state index contributed by atoms with van der Waals surface area (Å²) in [4.78, 5) is 2.39. The molecule has 3 nitrogen and oxygen atoms in total. The number of rotatable bonds is 4. The summed E-state index contributed by atoms with van der Waals surface area (Å²) in [6.45, 7) is 3.39. The van der Waals surface area contributed by atoms with E-state index in [2.05, 4.69) is 25.9 Å². The van der Waals surface area contributed by atoms with Crippen LogP contribution in [0.2, 0.25) is 0 Å². The van der Waals surface area contributed by atoms with Gasteiger partial charge in [-0.15, -0.1) is 0 Å². The lowest BCUT2D eigenvalue weighted by atomic mass is 10.2. The van der Waals surface area contributed by atoms with Crippen molar-refractivity contribution in [3.63, 3.8) is 0 Å². The van der Waals surface area contributed by atoms with Crippen LogP contribution in [0.25, 0.3) is 0 Å². The Morgan fingerprint density at radius 1 is 1.29 bits per heavy atom. The van der Waals surface area contributed by atoms with Gasteiger partial charge in [0.25, 0.3) is 0 Å².